The van der Waals surface area contributed by atoms with E-state index in [0.29, 0.717) is 31.9 Å². The van der Waals surface area contributed by atoms with Crippen LogP contribution in [0.5, 0.6) is 5.75 Å². The zero-order chi connectivity index (χ0) is 27.6. The fourth-order valence-electron chi connectivity index (χ4n) is 3.91. The molecule has 0 spiro atoms. The number of anilines is 1. The van der Waals surface area contributed by atoms with Crippen LogP contribution in [0.1, 0.15) is 24.0 Å². The Morgan fingerprint density at radius 1 is 1.10 bits per heavy atom. The molecule has 1 aliphatic rings. The van der Waals surface area contributed by atoms with Gasteiger partial charge in [0.1, 0.15) is 12.4 Å². The van der Waals surface area contributed by atoms with E-state index in [1.165, 1.54) is 6.07 Å². The van der Waals surface area contributed by atoms with Gasteiger partial charge in [-0.25, -0.2) is 13.0 Å². The molecule has 3 aromatic rings. The smallest absolute Gasteiger partial charge is 0.232 e. The van der Waals surface area contributed by atoms with E-state index in [2.05, 4.69) is 14.7 Å². The average molecular weight is 553 g/mol. The van der Waals surface area contributed by atoms with Gasteiger partial charge in [0, 0.05) is 38.0 Å². The lowest BCUT2D eigenvalue weighted by molar-refractivity contribution is -0.119. The number of para-hydroxylation sites is 1. The van der Waals surface area contributed by atoms with Crippen LogP contribution in [0.25, 0.3) is 0 Å². The highest BCUT2D eigenvalue weighted by Crippen LogP contribution is 2.24. The third kappa shape index (κ3) is 8.22. The molecule has 1 heterocycles. The van der Waals surface area contributed by atoms with Crippen molar-refractivity contribution < 1.29 is 22.5 Å². The van der Waals surface area contributed by atoms with Crippen LogP contribution >= 0.6 is 0 Å². The monoisotopic (exact) mass is 552 g/mol. The van der Waals surface area contributed by atoms with Crippen LogP contribution in [0, 0.1) is 11.6 Å². The number of aryl methyl sites for hydroxylation is 1. The molecule has 1 aliphatic heterocycles. The van der Waals surface area contributed by atoms with Gasteiger partial charge in [0.15, 0.2) is 22.6 Å². The van der Waals surface area contributed by atoms with E-state index in [-0.39, 0.29) is 11.3 Å². The summed E-state index contributed by atoms with van der Waals surface area (Å²) in [6, 6.07) is 18.7. The summed E-state index contributed by atoms with van der Waals surface area (Å²) in [5.74, 6) is -1.99. The molecule has 204 valence electrons. The van der Waals surface area contributed by atoms with Gasteiger partial charge in [-0.05, 0) is 53.9 Å². The molecule has 4 rings (SSSR count). The normalized spacial score (nSPS) is 13.3. The maximum Gasteiger partial charge on any atom is 0.232 e. The second-order valence-corrected chi connectivity index (χ2v) is 10.1. The zero-order valence-corrected chi connectivity index (χ0v) is 22.4. The van der Waals surface area contributed by atoms with E-state index in [1.54, 1.807) is 0 Å². The van der Waals surface area contributed by atoms with E-state index in [9.17, 15) is 17.8 Å². The molecular formula is C29H30F2N4O3S. The number of hydrazone groups is 1. The number of rotatable bonds is 12. The van der Waals surface area contributed by atoms with Crippen molar-refractivity contribution in [2.75, 3.05) is 25.1 Å². The highest BCUT2D eigenvalue weighted by Gasteiger charge is 2.14. The zero-order valence-electron chi connectivity index (χ0n) is 21.6. The van der Waals surface area contributed by atoms with Crippen molar-refractivity contribution in [3.63, 3.8) is 0 Å². The van der Waals surface area contributed by atoms with Crippen LogP contribution in [0.4, 0.5) is 14.5 Å². The number of allylic oxidation sites excluding steroid dienone is 1. The van der Waals surface area contributed by atoms with Crippen LogP contribution in [0.2, 0.25) is 0 Å². The number of carbonyl (C=O) groups excluding carboxylic acids is 1. The van der Waals surface area contributed by atoms with Gasteiger partial charge in [0.05, 0.1) is 18.0 Å². The van der Waals surface area contributed by atoms with E-state index in [0.717, 1.165) is 35.4 Å². The van der Waals surface area contributed by atoms with Crippen LogP contribution in [0.15, 0.2) is 89.0 Å². The fraction of sp³-hybridized carbons (Fsp3) is 0.241. The molecule has 0 aliphatic carbocycles. The number of ether oxygens (including phenoxy) is 1. The predicted octanol–water partition coefficient (Wildman–Crippen LogP) is 4.96. The van der Waals surface area contributed by atoms with Crippen LogP contribution in [-0.4, -0.2) is 41.5 Å². The molecular weight excluding hydrogens is 522 g/mol. The van der Waals surface area contributed by atoms with E-state index >= 15 is 0 Å². The summed E-state index contributed by atoms with van der Waals surface area (Å²) in [6.07, 6.45) is 6.98. The standard InChI is InChI=1S/C29H30F2N4O3S/c1-34(24-7-3-2-4-8-24)17-18-38-28-19-22(21-35-16-6-5-15-32-35)9-10-23(28)11-14-29(36)33-39(37)25-12-13-26(30)27(31)20-25/h2-4,6-10,12-13,15-16,19-20H,5,11,14,17-18,21H2,1H3,(H,33,36). The Kier molecular flexibility index (Phi) is 9.80. The van der Waals surface area contributed by atoms with Crippen molar-refractivity contribution in [2.45, 2.75) is 30.7 Å². The molecule has 0 aromatic heterocycles. The Labute approximate surface area is 229 Å². The Hall–Kier alpha value is -4.05. The van der Waals surface area contributed by atoms with Crippen molar-refractivity contribution in [1.29, 1.82) is 0 Å². The number of amides is 1. The van der Waals surface area contributed by atoms with Crippen molar-refractivity contribution in [3.8, 4) is 5.75 Å². The summed E-state index contributed by atoms with van der Waals surface area (Å²) in [7, 11) is -0.00588. The first-order chi connectivity index (χ1) is 18.9. The Morgan fingerprint density at radius 2 is 1.92 bits per heavy atom. The lowest BCUT2D eigenvalue weighted by Gasteiger charge is -2.21. The number of benzene rings is 3. The topological polar surface area (TPSA) is 74.2 Å². The highest BCUT2D eigenvalue weighted by molar-refractivity contribution is 7.83. The minimum absolute atomic E-state index is 0.0208. The lowest BCUT2D eigenvalue weighted by Crippen LogP contribution is -2.26. The summed E-state index contributed by atoms with van der Waals surface area (Å²) in [4.78, 5) is 14.6. The van der Waals surface area contributed by atoms with Gasteiger partial charge in [-0.15, -0.1) is 0 Å². The van der Waals surface area contributed by atoms with Gasteiger partial charge in [-0.3, -0.25) is 14.5 Å². The summed E-state index contributed by atoms with van der Waals surface area (Å²) < 4.78 is 47.5. The van der Waals surface area contributed by atoms with Crippen molar-refractivity contribution >= 4 is 28.8 Å². The number of carbonyl (C=O) groups is 1. The minimum atomic E-state index is -2.00. The van der Waals surface area contributed by atoms with Crippen molar-refractivity contribution in [1.82, 2.24) is 9.73 Å². The van der Waals surface area contributed by atoms with Crippen molar-refractivity contribution in [2.24, 2.45) is 5.10 Å². The summed E-state index contributed by atoms with van der Waals surface area (Å²) >= 11 is 0. The molecule has 1 unspecified atom stereocenters. The van der Waals surface area contributed by atoms with Gasteiger partial charge in [-0.2, -0.15) is 5.10 Å². The minimum Gasteiger partial charge on any atom is -0.491 e. The third-order valence-electron chi connectivity index (χ3n) is 6.04. The Bertz CT molecular complexity index is 1360. The SMILES string of the molecule is CN(CCOc1cc(CN2C=CCC=N2)ccc1CCC(=O)NS(=O)c1ccc(F)c(F)c1)c1ccccc1. The summed E-state index contributed by atoms with van der Waals surface area (Å²) in [6.45, 7) is 1.65. The first-order valence-corrected chi connectivity index (χ1v) is 13.7. The highest BCUT2D eigenvalue weighted by atomic mass is 32.2. The molecule has 39 heavy (non-hydrogen) atoms. The van der Waals surface area contributed by atoms with Gasteiger partial charge >= 0.3 is 0 Å². The molecule has 1 amide bonds. The number of hydrogen-bond donors (Lipinski definition) is 1. The quantitative estimate of drug-likeness (QED) is 0.344. The molecule has 0 bridgehead atoms. The summed E-state index contributed by atoms with van der Waals surface area (Å²) in [5, 5.41) is 6.21. The average Bonchev–Trinajstić information content (AvgIpc) is 2.95. The Morgan fingerprint density at radius 3 is 2.67 bits per heavy atom. The molecule has 0 saturated heterocycles. The predicted molar refractivity (Wildman–Crippen MR) is 149 cm³/mol. The second-order valence-electron chi connectivity index (χ2n) is 8.93. The fourth-order valence-corrected chi connectivity index (χ4v) is 4.74. The number of hydrogen-bond acceptors (Lipinski definition) is 6. The molecule has 7 nitrogen and oxygen atoms in total. The molecule has 1 atom stereocenters. The first kappa shape index (κ1) is 28.0. The van der Waals surface area contributed by atoms with Gasteiger partial charge in [0.25, 0.3) is 0 Å². The largest absolute Gasteiger partial charge is 0.491 e. The van der Waals surface area contributed by atoms with Crippen LogP contribution in [0.3, 0.4) is 0 Å². The van der Waals surface area contributed by atoms with E-state index < -0.39 is 28.5 Å². The maximum absolute atomic E-state index is 13.5. The van der Waals surface area contributed by atoms with Crippen LogP contribution < -0.4 is 14.4 Å². The van der Waals surface area contributed by atoms with Crippen LogP contribution in [-0.2, 0) is 28.7 Å². The second kappa shape index (κ2) is 13.7. The number of likely N-dealkylation sites (N-methyl/N-ethyl adjacent to an activating group) is 1. The molecule has 10 heteroatoms. The van der Waals surface area contributed by atoms with E-state index in [1.807, 2.05) is 79.1 Å². The Balaban J connectivity index is 1.40. The van der Waals surface area contributed by atoms with Gasteiger partial charge in [0.2, 0.25) is 5.91 Å². The maximum atomic E-state index is 13.5. The number of halogens is 2. The molecule has 0 saturated carbocycles. The lowest BCUT2D eigenvalue weighted by atomic mass is 10.1. The molecule has 3 aromatic carbocycles. The summed E-state index contributed by atoms with van der Waals surface area (Å²) in [5.41, 5.74) is 2.90. The van der Waals surface area contributed by atoms with Gasteiger partial charge < -0.3 is 9.64 Å². The molecule has 0 fully saturated rings. The number of nitrogens with one attached hydrogen (secondary N) is 1. The molecule has 1 N–H and O–H groups in total. The third-order valence-corrected chi connectivity index (χ3v) is 7.13. The van der Waals surface area contributed by atoms with E-state index in [4.69, 9.17) is 4.74 Å². The molecule has 0 radical (unpaired) electrons. The van der Waals surface area contributed by atoms with Gasteiger partial charge in [-0.1, -0.05) is 36.4 Å². The number of nitrogens with zero attached hydrogens (tertiary/aromatic N) is 3. The van der Waals surface area contributed by atoms with Crippen molar-refractivity contribution in [3.05, 3.63) is 102 Å². The first-order valence-electron chi connectivity index (χ1n) is 12.5.